The third kappa shape index (κ3) is 4.13. The predicted octanol–water partition coefficient (Wildman–Crippen LogP) is 2.69. The molecule has 0 aliphatic carbocycles. The van der Waals surface area contributed by atoms with Gasteiger partial charge in [-0.25, -0.2) is 9.18 Å². The molecular formula is C22H24FN3O3. The van der Waals surface area contributed by atoms with Crippen LogP contribution in [-0.4, -0.2) is 35.8 Å². The van der Waals surface area contributed by atoms with Gasteiger partial charge < -0.3 is 10.6 Å². The molecule has 1 unspecified atom stereocenters. The molecule has 0 spiro atoms. The van der Waals surface area contributed by atoms with Gasteiger partial charge in [0.05, 0.1) is 0 Å². The molecule has 1 heterocycles. The van der Waals surface area contributed by atoms with Crippen LogP contribution in [0.1, 0.15) is 31.9 Å². The Labute approximate surface area is 169 Å². The number of urea groups is 1. The van der Waals surface area contributed by atoms with Crippen molar-refractivity contribution in [3.63, 3.8) is 0 Å². The summed E-state index contributed by atoms with van der Waals surface area (Å²) in [6.45, 7) is 5.52. The van der Waals surface area contributed by atoms with Gasteiger partial charge >= 0.3 is 6.03 Å². The second-order valence-corrected chi connectivity index (χ2v) is 7.98. The van der Waals surface area contributed by atoms with E-state index in [-0.39, 0.29) is 12.0 Å². The third-order valence-electron chi connectivity index (χ3n) is 5.28. The van der Waals surface area contributed by atoms with Gasteiger partial charge in [-0.3, -0.25) is 14.5 Å². The van der Waals surface area contributed by atoms with E-state index < -0.39 is 29.2 Å². The van der Waals surface area contributed by atoms with Crippen molar-refractivity contribution in [1.82, 2.24) is 15.5 Å². The van der Waals surface area contributed by atoms with E-state index in [4.69, 9.17) is 0 Å². The van der Waals surface area contributed by atoms with E-state index in [1.54, 1.807) is 0 Å². The van der Waals surface area contributed by atoms with Crippen LogP contribution >= 0.6 is 0 Å². The van der Waals surface area contributed by atoms with Crippen molar-refractivity contribution in [3.05, 3.63) is 71.5 Å². The van der Waals surface area contributed by atoms with Crippen molar-refractivity contribution in [1.29, 1.82) is 0 Å². The Hall–Kier alpha value is -3.22. The second kappa shape index (κ2) is 7.66. The number of benzene rings is 2. The molecule has 0 saturated carbocycles. The van der Waals surface area contributed by atoms with Crippen molar-refractivity contribution in [2.24, 2.45) is 0 Å². The summed E-state index contributed by atoms with van der Waals surface area (Å²) < 4.78 is 13.2. The Bertz CT molecular complexity index is 928. The van der Waals surface area contributed by atoms with Gasteiger partial charge in [0.15, 0.2) is 0 Å². The van der Waals surface area contributed by atoms with Crippen LogP contribution in [0.5, 0.6) is 0 Å². The number of nitrogens with zero attached hydrogens (tertiary/aromatic N) is 1. The minimum absolute atomic E-state index is 0.309. The third-order valence-corrected chi connectivity index (χ3v) is 5.28. The maximum atomic E-state index is 13.2. The summed E-state index contributed by atoms with van der Waals surface area (Å²) in [7, 11) is 0. The van der Waals surface area contributed by atoms with E-state index in [1.807, 2.05) is 44.2 Å². The summed E-state index contributed by atoms with van der Waals surface area (Å²) >= 11 is 0. The summed E-state index contributed by atoms with van der Waals surface area (Å²) in [5.41, 5.74) is -0.130. The van der Waals surface area contributed by atoms with Gasteiger partial charge in [-0.15, -0.1) is 0 Å². The van der Waals surface area contributed by atoms with Crippen LogP contribution < -0.4 is 10.6 Å². The van der Waals surface area contributed by atoms with Crippen LogP contribution in [0.3, 0.4) is 0 Å². The number of carbonyl (C=O) groups is 3. The fourth-order valence-electron chi connectivity index (χ4n) is 3.33. The average molecular weight is 397 g/mol. The molecular weight excluding hydrogens is 373 g/mol. The second-order valence-electron chi connectivity index (χ2n) is 7.98. The molecule has 0 aromatic heterocycles. The first-order valence-corrected chi connectivity index (χ1v) is 9.36. The molecule has 0 radical (unpaired) electrons. The molecule has 2 aromatic rings. The van der Waals surface area contributed by atoms with Crippen LogP contribution in [0.4, 0.5) is 9.18 Å². The highest BCUT2D eigenvalue weighted by molar-refractivity contribution is 6.09. The Morgan fingerprint density at radius 1 is 1.10 bits per heavy atom. The van der Waals surface area contributed by atoms with Gasteiger partial charge in [0, 0.05) is 12.0 Å². The fraction of sp³-hybridized carbons (Fsp3) is 0.318. The van der Waals surface area contributed by atoms with Crippen LogP contribution in [0.25, 0.3) is 0 Å². The molecule has 1 fully saturated rings. The number of amides is 4. The minimum Gasteiger partial charge on any atom is -0.354 e. The van der Waals surface area contributed by atoms with Crippen LogP contribution in [0, 0.1) is 5.82 Å². The van der Waals surface area contributed by atoms with Crippen molar-refractivity contribution in [2.75, 3.05) is 13.1 Å². The first-order valence-electron chi connectivity index (χ1n) is 9.36. The lowest BCUT2D eigenvalue weighted by molar-refractivity contribution is -0.134. The lowest BCUT2D eigenvalue weighted by Crippen LogP contribution is -2.45. The SMILES string of the molecule is CC(C)(CNC(=O)CN1C(=O)NC(C)(c2ccc(F)cc2)C1=O)c1ccccc1. The Balaban J connectivity index is 1.65. The molecule has 152 valence electrons. The van der Waals surface area contributed by atoms with E-state index in [2.05, 4.69) is 10.6 Å². The number of imide groups is 1. The lowest BCUT2D eigenvalue weighted by atomic mass is 9.84. The average Bonchev–Trinajstić information content (AvgIpc) is 2.91. The number of hydrogen-bond acceptors (Lipinski definition) is 3. The van der Waals surface area contributed by atoms with Gasteiger partial charge in [0.25, 0.3) is 5.91 Å². The summed E-state index contributed by atoms with van der Waals surface area (Å²) in [5, 5.41) is 5.41. The van der Waals surface area contributed by atoms with Crippen molar-refractivity contribution < 1.29 is 18.8 Å². The van der Waals surface area contributed by atoms with E-state index in [9.17, 15) is 18.8 Å². The van der Waals surface area contributed by atoms with Gasteiger partial charge in [-0.1, -0.05) is 56.3 Å². The van der Waals surface area contributed by atoms with E-state index in [1.165, 1.54) is 31.2 Å². The van der Waals surface area contributed by atoms with Crippen LogP contribution in [0.15, 0.2) is 54.6 Å². The zero-order valence-corrected chi connectivity index (χ0v) is 16.7. The fourth-order valence-corrected chi connectivity index (χ4v) is 3.33. The molecule has 1 saturated heterocycles. The monoisotopic (exact) mass is 397 g/mol. The van der Waals surface area contributed by atoms with Gasteiger partial charge in [0.2, 0.25) is 5.91 Å². The number of halogens is 1. The quantitative estimate of drug-likeness (QED) is 0.736. The molecule has 4 amide bonds. The number of rotatable bonds is 6. The lowest BCUT2D eigenvalue weighted by Gasteiger charge is -2.26. The molecule has 0 bridgehead atoms. The first kappa shape index (κ1) is 20.5. The predicted molar refractivity (Wildman–Crippen MR) is 106 cm³/mol. The highest BCUT2D eigenvalue weighted by Gasteiger charge is 2.49. The van der Waals surface area contributed by atoms with Gasteiger partial charge in [-0.2, -0.15) is 0 Å². The maximum Gasteiger partial charge on any atom is 0.325 e. The smallest absolute Gasteiger partial charge is 0.325 e. The summed E-state index contributed by atoms with van der Waals surface area (Å²) in [4.78, 5) is 38.5. The zero-order chi connectivity index (χ0) is 21.2. The highest BCUT2D eigenvalue weighted by Crippen LogP contribution is 2.29. The molecule has 29 heavy (non-hydrogen) atoms. The summed E-state index contributed by atoms with van der Waals surface area (Å²) in [6, 6.07) is 14.4. The summed E-state index contributed by atoms with van der Waals surface area (Å²) in [6.07, 6.45) is 0. The van der Waals surface area contributed by atoms with Gasteiger partial charge in [0.1, 0.15) is 17.9 Å². The first-order chi connectivity index (χ1) is 13.6. The van der Waals surface area contributed by atoms with Crippen LogP contribution in [0.2, 0.25) is 0 Å². The van der Waals surface area contributed by atoms with E-state index in [0.29, 0.717) is 12.1 Å². The van der Waals surface area contributed by atoms with E-state index in [0.717, 1.165) is 10.5 Å². The Morgan fingerprint density at radius 3 is 2.34 bits per heavy atom. The molecule has 2 N–H and O–H groups in total. The van der Waals surface area contributed by atoms with Crippen molar-refractivity contribution >= 4 is 17.8 Å². The van der Waals surface area contributed by atoms with Crippen molar-refractivity contribution in [3.8, 4) is 0 Å². The minimum atomic E-state index is -1.34. The molecule has 3 rings (SSSR count). The Morgan fingerprint density at radius 2 is 1.72 bits per heavy atom. The molecule has 1 aliphatic heterocycles. The van der Waals surface area contributed by atoms with E-state index >= 15 is 0 Å². The Kier molecular flexibility index (Phi) is 5.42. The number of nitrogens with one attached hydrogen (secondary N) is 2. The summed E-state index contributed by atoms with van der Waals surface area (Å²) in [5.74, 6) is -1.42. The molecule has 1 aliphatic rings. The highest BCUT2D eigenvalue weighted by atomic mass is 19.1. The molecule has 2 aromatic carbocycles. The standard InChI is InChI=1S/C22H24FN3O3/c1-21(2,15-7-5-4-6-8-15)14-24-18(27)13-26-19(28)22(3,25-20(26)29)16-9-11-17(23)12-10-16/h4-12H,13-14H2,1-3H3,(H,24,27)(H,25,29). The maximum absolute atomic E-state index is 13.2. The largest absolute Gasteiger partial charge is 0.354 e. The zero-order valence-electron chi connectivity index (χ0n) is 16.7. The normalized spacial score (nSPS) is 19.2. The molecule has 7 heteroatoms. The number of carbonyl (C=O) groups excluding carboxylic acids is 3. The molecule has 6 nitrogen and oxygen atoms in total. The number of hydrogen-bond donors (Lipinski definition) is 2. The topological polar surface area (TPSA) is 78.5 Å². The molecule has 1 atom stereocenters. The van der Waals surface area contributed by atoms with Gasteiger partial charge in [-0.05, 0) is 30.2 Å². The van der Waals surface area contributed by atoms with Crippen LogP contribution in [-0.2, 0) is 20.5 Å². The van der Waals surface area contributed by atoms with Crippen molar-refractivity contribution in [2.45, 2.75) is 31.7 Å².